The second-order valence-electron chi connectivity index (χ2n) is 5.85. The van der Waals surface area contributed by atoms with Gasteiger partial charge in [0.2, 0.25) is 0 Å². The molecule has 7 heteroatoms. The van der Waals surface area contributed by atoms with Gasteiger partial charge < -0.3 is 24.9 Å². The topological polar surface area (TPSA) is 95.4 Å². The summed E-state index contributed by atoms with van der Waals surface area (Å²) < 4.78 is 16.2. The SMILES string of the molecule is COc1cc2ncnc(Nc3cc(-c4ccco4)ccc3OC)c2cc1N. The van der Waals surface area contributed by atoms with Crippen molar-refractivity contribution >= 4 is 28.1 Å². The van der Waals surface area contributed by atoms with Gasteiger partial charge in [0, 0.05) is 17.0 Å². The Balaban J connectivity index is 1.80. The molecule has 0 saturated heterocycles. The molecule has 0 saturated carbocycles. The molecule has 0 atom stereocenters. The quantitative estimate of drug-likeness (QED) is 0.513. The van der Waals surface area contributed by atoms with Crippen LogP contribution in [0.25, 0.3) is 22.2 Å². The number of benzene rings is 2. The van der Waals surface area contributed by atoms with Gasteiger partial charge in [0.25, 0.3) is 0 Å². The Morgan fingerprint density at radius 3 is 2.59 bits per heavy atom. The molecule has 0 aliphatic rings. The smallest absolute Gasteiger partial charge is 0.143 e. The lowest BCUT2D eigenvalue weighted by Gasteiger charge is -2.14. The summed E-state index contributed by atoms with van der Waals surface area (Å²) in [5.74, 6) is 2.63. The highest BCUT2D eigenvalue weighted by Crippen LogP contribution is 2.35. The van der Waals surface area contributed by atoms with Crippen molar-refractivity contribution in [2.24, 2.45) is 0 Å². The number of nitrogens with two attached hydrogens (primary N) is 1. The maximum atomic E-state index is 6.06. The summed E-state index contributed by atoms with van der Waals surface area (Å²) in [6.07, 6.45) is 3.13. The average Bonchev–Trinajstić information content (AvgIpc) is 3.23. The summed E-state index contributed by atoms with van der Waals surface area (Å²) in [5.41, 5.74) is 8.96. The molecule has 2 heterocycles. The minimum atomic E-state index is 0.513. The van der Waals surface area contributed by atoms with Gasteiger partial charge in [0.15, 0.2) is 0 Å². The van der Waals surface area contributed by atoms with E-state index in [9.17, 15) is 0 Å². The van der Waals surface area contributed by atoms with Crippen LogP contribution in [0.2, 0.25) is 0 Å². The first-order valence-electron chi connectivity index (χ1n) is 8.26. The van der Waals surface area contributed by atoms with Crippen molar-refractivity contribution in [1.29, 1.82) is 0 Å². The van der Waals surface area contributed by atoms with Gasteiger partial charge in [-0.25, -0.2) is 9.97 Å². The second kappa shape index (κ2) is 6.87. The molecule has 7 nitrogen and oxygen atoms in total. The van der Waals surface area contributed by atoms with Crippen LogP contribution in [0.5, 0.6) is 11.5 Å². The van der Waals surface area contributed by atoms with E-state index in [0.717, 1.165) is 27.9 Å². The van der Waals surface area contributed by atoms with Gasteiger partial charge in [-0.3, -0.25) is 0 Å². The van der Waals surface area contributed by atoms with Gasteiger partial charge in [-0.05, 0) is 36.4 Å². The van der Waals surface area contributed by atoms with Crippen LogP contribution < -0.4 is 20.5 Å². The maximum absolute atomic E-state index is 6.06. The van der Waals surface area contributed by atoms with E-state index in [4.69, 9.17) is 19.6 Å². The van der Waals surface area contributed by atoms with E-state index in [1.165, 1.54) is 6.33 Å². The second-order valence-corrected chi connectivity index (χ2v) is 5.85. The first kappa shape index (κ1) is 16.7. The van der Waals surface area contributed by atoms with E-state index in [-0.39, 0.29) is 0 Å². The fraction of sp³-hybridized carbons (Fsp3) is 0.100. The summed E-state index contributed by atoms with van der Waals surface area (Å²) in [5, 5.41) is 4.10. The number of nitrogens with one attached hydrogen (secondary N) is 1. The molecule has 0 spiro atoms. The summed E-state index contributed by atoms with van der Waals surface area (Å²) in [7, 11) is 3.19. The molecule has 0 bridgehead atoms. The van der Waals surface area contributed by atoms with Gasteiger partial charge >= 0.3 is 0 Å². The van der Waals surface area contributed by atoms with Crippen molar-refractivity contribution in [3.63, 3.8) is 0 Å². The molecule has 2 aromatic carbocycles. The van der Waals surface area contributed by atoms with Gasteiger partial charge in [0.05, 0.1) is 37.4 Å². The largest absolute Gasteiger partial charge is 0.495 e. The van der Waals surface area contributed by atoms with Crippen LogP contribution in [-0.2, 0) is 0 Å². The predicted octanol–water partition coefficient (Wildman–Crippen LogP) is 4.23. The summed E-state index contributed by atoms with van der Waals surface area (Å²) in [6, 6.07) is 13.1. The van der Waals surface area contributed by atoms with Crippen molar-refractivity contribution in [3.8, 4) is 22.8 Å². The van der Waals surface area contributed by atoms with Gasteiger partial charge in [-0.15, -0.1) is 0 Å². The predicted molar refractivity (Wildman–Crippen MR) is 104 cm³/mol. The van der Waals surface area contributed by atoms with Crippen LogP contribution in [-0.4, -0.2) is 24.2 Å². The number of hydrogen-bond donors (Lipinski definition) is 2. The Morgan fingerprint density at radius 2 is 1.85 bits per heavy atom. The molecule has 0 radical (unpaired) electrons. The molecule has 0 aliphatic carbocycles. The zero-order chi connectivity index (χ0) is 18.8. The van der Waals surface area contributed by atoms with Crippen molar-refractivity contribution in [3.05, 3.63) is 55.1 Å². The number of nitrogens with zero attached hydrogens (tertiary/aromatic N) is 2. The number of methoxy groups -OCH3 is 2. The van der Waals surface area contributed by atoms with Crippen molar-refractivity contribution < 1.29 is 13.9 Å². The Labute approximate surface area is 155 Å². The Morgan fingerprint density at radius 1 is 1.00 bits per heavy atom. The molecule has 0 amide bonds. The Bertz CT molecular complexity index is 1090. The minimum absolute atomic E-state index is 0.513. The first-order chi connectivity index (χ1) is 13.2. The van der Waals surface area contributed by atoms with Gasteiger partial charge in [0.1, 0.15) is 29.4 Å². The van der Waals surface area contributed by atoms with Gasteiger partial charge in [-0.1, -0.05) is 0 Å². The first-order valence-corrected chi connectivity index (χ1v) is 8.26. The summed E-state index contributed by atoms with van der Waals surface area (Å²) >= 11 is 0. The molecule has 3 N–H and O–H groups in total. The number of nitrogen functional groups attached to an aromatic ring is 1. The highest BCUT2D eigenvalue weighted by atomic mass is 16.5. The van der Waals surface area contributed by atoms with Crippen LogP contribution in [0, 0.1) is 0 Å². The fourth-order valence-electron chi connectivity index (χ4n) is 2.91. The van der Waals surface area contributed by atoms with E-state index in [1.54, 1.807) is 32.6 Å². The number of hydrogen-bond acceptors (Lipinski definition) is 7. The highest BCUT2D eigenvalue weighted by Gasteiger charge is 2.12. The Kier molecular flexibility index (Phi) is 4.25. The van der Waals surface area contributed by atoms with Crippen molar-refractivity contribution in [2.45, 2.75) is 0 Å². The molecule has 0 fully saturated rings. The number of anilines is 3. The molecule has 4 aromatic rings. The van der Waals surface area contributed by atoms with Crippen LogP contribution in [0.15, 0.2) is 59.5 Å². The third-order valence-electron chi connectivity index (χ3n) is 4.25. The number of fused-ring (bicyclic) bond motifs is 1. The molecular weight excluding hydrogens is 344 g/mol. The normalized spacial score (nSPS) is 10.7. The van der Waals surface area contributed by atoms with Crippen molar-refractivity contribution in [1.82, 2.24) is 9.97 Å². The monoisotopic (exact) mass is 362 g/mol. The van der Waals surface area contributed by atoms with E-state index in [2.05, 4.69) is 15.3 Å². The number of ether oxygens (including phenoxy) is 2. The van der Waals surface area contributed by atoms with Crippen LogP contribution in [0.4, 0.5) is 17.2 Å². The minimum Gasteiger partial charge on any atom is -0.495 e. The van der Waals surface area contributed by atoms with Crippen molar-refractivity contribution in [2.75, 3.05) is 25.3 Å². The lowest BCUT2D eigenvalue weighted by atomic mass is 10.1. The van der Waals surface area contributed by atoms with Crippen LogP contribution >= 0.6 is 0 Å². The molecule has 0 aliphatic heterocycles. The van der Waals surface area contributed by atoms with E-state index < -0.39 is 0 Å². The van der Waals surface area contributed by atoms with E-state index in [0.29, 0.717) is 23.0 Å². The van der Waals surface area contributed by atoms with Gasteiger partial charge in [-0.2, -0.15) is 0 Å². The molecule has 4 rings (SSSR count). The number of rotatable bonds is 5. The van der Waals surface area contributed by atoms with Crippen LogP contribution in [0.1, 0.15) is 0 Å². The third-order valence-corrected chi connectivity index (χ3v) is 4.25. The molecule has 27 heavy (non-hydrogen) atoms. The number of furan rings is 1. The summed E-state index contributed by atoms with van der Waals surface area (Å²) in [6.45, 7) is 0. The standard InChI is InChI=1S/C20H18N4O3/c1-25-18-6-5-12(17-4-3-7-27-17)8-16(18)24-20-13-9-14(21)19(26-2)10-15(13)22-11-23-20/h3-11H,21H2,1-2H3,(H,22,23,24). The highest BCUT2D eigenvalue weighted by molar-refractivity contribution is 5.95. The fourth-order valence-corrected chi connectivity index (χ4v) is 2.91. The molecule has 136 valence electrons. The lowest BCUT2D eigenvalue weighted by Crippen LogP contribution is -2.00. The lowest BCUT2D eigenvalue weighted by molar-refractivity contribution is 0.417. The van der Waals surface area contributed by atoms with E-state index in [1.807, 2.05) is 30.3 Å². The van der Waals surface area contributed by atoms with E-state index >= 15 is 0 Å². The molecular formula is C20H18N4O3. The number of aromatic nitrogens is 2. The molecule has 2 aromatic heterocycles. The summed E-state index contributed by atoms with van der Waals surface area (Å²) in [4.78, 5) is 8.67. The zero-order valence-electron chi connectivity index (χ0n) is 14.9. The maximum Gasteiger partial charge on any atom is 0.143 e. The zero-order valence-corrected chi connectivity index (χ0v) is 14.9. The van der Waals surface area contributed by atoms with Crippen LogP contribution in [0.3, 0.4) is 0 Å². The Hall–Kier alpha value is -3.74. The third kappa shape index (κ3) is 3.10. The average molecular weight is 362 g/mol. The molecule has 0 unspecified atom stereocenters.